The van der Waals surface area contributed by atoms with E-state index in [1.165, 1.54) is 0 Å². The lowest BCUT2D eigenvalue weighted by atomic mass is 10.1. The molecule has 1 atom stereocenters. The van der Waals surface area contributed by atoms with Gasteiger partial charge in [0.2, 0.25) is 0 Å². The molecule has 0 aliphatic rings. The number of carbonyl (C=O) groups excluding carboxylic acids is 1. The first-order chi connectivity index (χ1) is 10.6. The number of pyridine rings is 1. The van der Waals surface area contributed by atoms with Crippen LogP contribution in [0, 0.1) is 0 Å². The highest BCUT2D eigenvalue weighted by atomic mass is 35.5. The largest absolute Gasteiger partial charge is 0.348 e. The number of amides is 1. The van der Waals surface area contributed by atoms with E-state index in [1.807, 2.05) is 29.8 Å². The molecule has 0 bridgehead atoms. The first-order valence-corrected chi connectivity index (χ1v) is 7.32. The standard InChI is InChI=1S/C16H15ClN4O/c1-11(9-21-7-6-18-10-21)19-16(22)13-2-4-14-12(8-13)3-5-15(17)20-14/h2-8,10-11H,9H2,1H3,(H,19,22). The Morgan fingerprint density at radius 1 is 1.36 bits per heavy atom. The molecule has 1 aromatic carbocycles. The van der Waals surface area contributed by atoms with Crippen molar-refractivity contribution in [2.45, 2.75) is 19.5 Å². The molecule has 0 aliphatic heterocycles. The fourth-order valence-corrected chi connectivity index (χ4v) is 2.46. The van der Waals surface area contributed by atoms with Gasteiger partial charge >= 0.3 is 0 Å². The lowest BCUT2D eigenvalue weighted by molar-refractivity contribution is 0.0937. The monoisotopic (exact) mass is 314 g/mol. The van der Waals surface area contributed by atoms with E-state index < -0.39 is 0 Å². The van der Waals surface area contributed by atoms with E-state index in [0.29, 0.717) is 17.3 Å². The van der Waals surface area contributed by atoms with E-state index in [4.69, 9.17) is 11.6 Å². The predicted octanol–water partition coefficient (Wildman–Crippen LogP) is 2.90. The molecule has 0 spiro atoms. The normalized spacial score (nSPS) is 12.3. The maximum absolute atomic E-state index is 12.3. The van der Waals surface area contributed by atoms with Gasteiger partial charge in [-0.05, 0) is 37.3 Å². The van der Waals surface area contributed by atoms with E-state index in [-0.39, 0.29) is 11.9 Å². The van der Waals surface area contributed by atoms with Crippen LogP contribution in [0.1, 0.15) is 17.3 Å². The second-order valence-electron chi connectivity index (χ2n) is 5.18. The molecular weight excluding hydrogens is 300 g/mol. The Morgan fingerprint density at radius 3 is 3.00 bits per heavy atom. The van der Waals surface area contributed by atoms with Crippen molar-refractivity contribution in [3.05, 3.63) is 59.8 Å². The highest BCUT2D eigenvalue weighted by Crippen LogP contribution is 2.17. The molecule has 0 fully saturated rings. The van der Waals surface area contributed by atoms with Crippen molar-refractivity contribution in [1.82, 2.24) is 19.9 Å². The lowest BCUT2D eigenvalue weighted by Gasteiger charge is -2.14. The highest BCUT2D eigenvalue weighted by Gasteiger charge is 2.11. The van der Waals surface area contributed by atoms with Gasteiger partial charge in [0, 0.05) is 35.9 Å². The number of rotatable bonds is 4. The number of carbonyl (C=O) groups is 1. The third kappa shape index (κ3) is 3.26. The number of fused-ring (bicyclic) bond motifs is 1. The summed E-state index contributed by atoms with van der Waals surface area (Å²) in [5, 5.41) is 4.31. The summed E-state index contributed by atoms with van der Waals surface area (Å²) in [5.41, 5.74) is 1.38. The molecule has 0 radical (unpaired) electrons. The fraction of sp³-hybridized carbons (Fsp3) is 0.188. The number of hydrogen-bond donors (Lipinski definition) is 1. The predicted molar refractivity (Wildman–Crippen MR) is 85.9 cm³/mol. The van der Waals surface area contributed by atoms with Crippen LogP contribution in [0.3, 0.4) is 0 Å². The molecule has 2 aromatic heterocycles. The Kier molecular flexibility index (Phi) is 4.06. The first kappa shape index (κ1) is 14.5. The third-order valence-corrected chi connectivity index (χ3v) is 3.55. The molecule has 0 saturated carbocycles. The van der Waals surface area contributed by atoms with E-state index in [9.17, 15) is 4.79 Å². The highest BCUT2D eigenvalue weighted by molar-refractivity contribution is 6.29. The molecule has 1 unspecified atom stereocenters. The average Bonchev–Trinajstić information content (AvgIpc) is 2.99. The van der Waals surface area contributed by atoms with Crippen molar-refractivity contribution >= 4 is 28.4 Å². The Balaban J connectivity index is 1.73. The third-order valence-electron chi connectivity index (χ3n) is 3.34. The van der Waals surface area contributed by atoms with Gasteiger partial charge in [0.15, 0.2) is 0 Å². The van der Waals surface area contributed by atoms with Gasteiger partial charge in [0.1, 0.15) is 5.15 Å². The Labute approximate surface area is 133 Å². The van der Waals surface area contributed by atoms with Crippen LogP contribution in [0.4, 0.5) is 0 Å². The molecule has 0 saturated heterocycles. The van der Waals surface area contributed by atoms with Crippen LogP contribution in [0.5, 0.6) is 0 Å². The Morgan fingerprint density at radius 2 is 2.23 bits per heavy atom. The summed E-state index contributed by atoms with van der Waals surface area (Å²) in [5.74, 6) is -0.107. The lowest BCUT2D eigenvalue weighted by Crippen LogP contribution is -2.35. The van der Waals surface area contributed by atoms with E-state index in [0.717, 1.165) is 10.9 Å². The summed E-state index contributed by atoms with van der Waals surface area (Å²) in [4.78, 5) is 20.5. The molecule has 3 aromatic rings. The van der Waals surface area contributed by atoms with Gasteiger partial charge < -0.3 is 9.88 Å². The van der Waals surface area contributed by atoms with Crippen LogP contribution >= 0.6 is 11.6 Å². The van der Waals surface area contributed by atoms with Crippen LogP contribution in [0.2, 0.25) is 5.15 Å². The molecular formula is C16H15ClN4O. The maximum Gasteiger partial charge on any atom is 0.251 e. The zero-order valence-electron chi connectivity index (χ0n) is 12.0. The zero-order chi connectivity index (χ0) is 15.5. The molecule has 1 amide bonds. The first-order valence-electron chi connectivity index (χ1n) is 6.95. The van der Waals surface area contributed by atoms with Gasteiger partial charge in [-0.2, -0.15) is 0 Å². The molecule has 3 rings (SSSR count). The average molecular weight is 315 g/mol. The van der Waals surface area contributed by atoms with Gasteiger partial charge in [0.25, 0.3) is 5.91 Å². The van der Waals surface area contributed by atoms with Crippen molar-refractivity contribution in [2.75, 3.05) is 0 Å². The van der Waals surface area contributed by atoms with E-state index in [2.05, 4.69) is 15.3 Å². The van der Waals surface area contributed by atoms with Crippen LogP contribution in [0.15, 0.2) is 49.1 Å². The SMILES string of the molecule is CC(Cn1ccnc1)NC(=O)c1ccc2nc(Cl)ccc2c1. The number of hydrogen-bond acceptors (Lipinski definition) is 3. The summed E-state index contributed by atoms with van der Waals surface area (Å²) in [7, 11) is 0. The molecule has 6 heteroatoms. The van der Waals surface area contributed by atoms with Crippen LogP contribution in [-0.4, -0.2) is 26.5 Å². The number of nitrogens with zero attached hydrogens (tertiary/aromatic N) is 3. The molecule has 1 N–H and O–H groups in total. The molecule has 2 heterocycles. The summed E-state index contributed by atoms with van der Waals surface area (Å²) >= 11 is 5.86. The Bertz CT molecular complexity index is 801. The van der Waals surface area contributed by atoms with Gasteiger partial charge in [-0.1, -0.05) is 11.6 Å². The van der Waals surface area contributed by atoms with Crippen molar-refractivity contribution in [1.29, 1.82) is 0 Å². The van der Waals surface area contributed by atoms with E-state index >= 15 is 0 Å². The fourth-order valence-electron chi connectivity index (χ4n) is 2.31. The molecule has 112 valence electrons. The Hall–Kier alpha value is -2.40. The van der Waals surface area contributed by atoms with Crippen molar-refractivity contribution in [3.8, 4) is 0 Å². The summed E-state index contributed by atoms with van der Waals surface area (Å²) in [6.07, 6.45) is 5.32. The van der Waals surface area contributed by atoms with Crippen LogP contribution in [0.25, 0.3) is 10.9 Å². The topological polar surface area (TPSA) is 59.8 Å². The van der Waals surface area contributed by atoms with E-state index in [1.54, 1.807) is 30.7 Å². The van der Waals surface area contributed by atoms with Gasteiger partial charge in [-0.25, -0.2) is 9.97 Å². The quantitative estimate of drug-likeness (QED) is 0.753. The molecule has 5 nitrogen and oxygen atoms in total. The second-order valence-corrected chi connectivity index (χ2v) is 5.56. The zero-order valence-corrected chi connectivity index (χ0v) is 12.8. The van der Waals surface area contributed by atoms with Gasteiger partial charge in [-0.3, -0.25) is 4.79 Å². The minimum Gasteiger partial charge on any atom is -0.348 e. The smallest absolute Gasteiger partial charge is 0.251 e. The number of imidazole rings is 1. The second kappa shape index (κ2) is 6.15. The van der Waals surface area contributed by atoms with Crippen molar-refractivity contribution in [2.24, 2.45) is 0 Å². The minimum absolute atomic E-state index is 0.000685. The van der Waals surface area contributed by atoms with Crippen molar-refractivity contribution in [3.63, 3.8) is 0 Å². The maximum atomic E-state index is 12.3. The van der Waals surface area contributed by atoms with Crippen molar-refractivity contribution < 1.29 is 4.79 Å². The van der Waals surface area contributed by atoms with Crippen LogP contribution in [-0.2, 0) is 6.54 Å². The van der Waals surface area contributed by atoms with Gasteiger partial charge in [-0.15, -0.1) is 0 Å². The number of halogens is 1. The minimum atomic E-state index is -0.107. The molecule has 22 heavy (non-hydrogen) atoms. The summed E-state index contributed by atoms with van der Waals surface area (Å²) in [6.45, 7) is 2.64. The summed E-state index contributed by atoms with van der Waals surface area (Å²) in [6, 6.07) is 8.95. The van der Waals surface area contributed by atoms with Crippen LogP contribution < -0.4 is 5.32 Å². The number of nitrogens with one attached hydrogen (secondary N) is 1. The van der Waals surface area contributed by atoms with Gasteiger partial charge in [0.05, 0.1) is 11.8 Å². The number of aromatic nitrogens is 3. The summed E-state index contributed by atoms with van der Waals surface area (Å²) < 4.78 is 1.93. The molecule has 0 aliphatic carbocycles. The number of benzene rings is 1.